The molecule has 0 aliphatic carbocycles. The van der Waals surface area contributed by atoms with Crippen LogP contribution in [0.5, 0.6) is 0 Å². The van der Waals surface area contributed by atoms with E-state index in [2.05, 4.69) is 15.5 Å². The van der Waals surface area contributed by atoms with Crippen LogP contribution in [0.15, 0.2) is 41.6 Å². The molecule has 0 fully saturated rings. The number of benzene rings is 1. The van der Waals surface area contributed by atoms with Crippen molar-refractivity contribution < 1.29 is 4.79 Å². The molecule has 0 saturated carbocycles. The third-order valence-corrected chi connectivity index (χ3v) is 3.53. The van der Waals surface area contributed by atoms with Crippen molar-refractivity contribution in [3.8, 4) is 5.69 Å². The largest absolute Gasteiger partial charge is 0.283 e. The lowest BCUT2D eigenvalue weighted by Gasteiger charge is -2.09. The Hall–Kier alpha value is -2.67. The van der Waals surface area contributed by atoms with E-state index < -0.39 is 5.56 Å². The molecule has 0 spiro atoms. The highest BCUT2D eigenvalue weighted by molar-refractivity contribution is 6.30. The number of hydrogen-bond acceptors (Lipinski definition) is 4. The predicted molar refractivity (Wildman–Crippen MR) is 87.3 cm³/mol. The SMILES string of the molecule is CC(C)C(=O)Nn1cnc2c(cnn2-c2cccc(Cl)c2)c1=O. The van der Waals surface area contributed by atoms with Crippen molar-refractivity contribution in [1.29, 1.82) is 0 Å². The highest BCUT2D eigenvalue weighted by atomic mass is 35.5. The summed E-state index contributed by atoms with van der Waals surface area (Å²) in [6.45, 7) is 3.48. The summed E-state index contributed by atoms with van der Waals surface area (Å²) >= 11 is 5.98. The van der Waals surface area contributed by atoms with Crippen molar-refractivity contribution in [1.82, 2.24) is 19.4 Å². The van der Waals surface area contributed by atoms with E-state index in [9.17, 15) is 9.59 Å². The molecule has 7 nitrogen and oxygen atoms in total. The van der Waals surface area contributed by atoms with Gasteiger partial charge in [-0.2, -0.15) is 5.10 Å². The number of rotatable bonds is 3. The topological polar surface area (TPSA) is 81.8 Å². The molecule has 1 aromatic carbocycles. The van der Waals surface area contributed by atoms with Crippen LogP contribution in [-0.2, 0) is 4.79 Å². The first kappa shape index (κ1) is 15.2. The van der Waals surface area contributed by atoms with Gasteiger partial charge in [0.1, 0.15) is 11.7 Å². The zero-order chi connectivity index (χ0) is 16.6. The molecule has 0 aliphatic heterocycles. The fourth-order valence-corrected chi connectivity index (χ4v) is 2.22. The molecule has 0 atom stereocenters. The van der Waals surface area contributed by atoms with Gasteiger partial charge in [0, 0.05) is 10.9 Å². The summed E-state index contributed by atoms with van der Waals surface area (Å²) in [5, 5.41) is 5.05. The molecule has 3 aromatic rings. The minimum Gasteiger partial charge on any atom is -0.273 e. The second-order valence-corrected chi connectivity index (χ2v) is 5.76. The Morgan fingerprint density at radius 2 is 2.13 bits per heavy atom. The number of nitrogens with zero attached hydrogens (tertiary/aromatic N) is 4. The van der Waals surface area contributed by atoms with E-state index in [0.29, 0.717) is 21.7 Å². The van der Waals surface area contributed by atoms with Crippen molar-refractivity contribution in [2.24, 2.45) is 5.92 Å². The van der Waals surface area contributed by atoms with Crippen LogP contribution >= 0.6 is 11.6 Å². The van der Waals surface area contributed by atoms with E-state index in [1.165, 1.54) is 17.2 Å². The van der Waals surface area contributed by atoms with E-state index in [1.807, 2.05) is 6.07 Å². The van der Waals surface area contributed by atoms with Gasteiger partial charge < -0.3 is 0 Å². The Morgan fingerprint density at radius 3 is 2.83 bits per heavy atom. The standard InChI is InChI=1S/C15H14ClN5O2/c1-9(2)14(22)19-20-8-17-13-12(15(20)23)7-18-21(13)11-5-3-4-10(16)6-11/h3-9H,1-2H3,(H,19,22). The first-order valence-corrected chi connectivity index (χ1v) is 7.37. The molecule has 0 bridgehead atoms. The fraction of sp³-hybridized carbons (Fsp3) is 0.200. The third-order valence-electron chi connectivity index (χ3n) is 3.30. The van der Waals surface area contributed by atoms with Gasteiger partial charge in [-0.25, -0.2) is 14.3 Å². The maximum Gasteiger partial charge on any atom is 0.283 e. The smallest absolute Gasteiger partial charge is 0.273 e. The summed E-state index contributed by atoms with van der Waals surface area (Å²) in [6, 6.07) is 7.07. The maximum absolute atomic E-state index is 12.4. The Balaban J connectivity index is 2.08. The number of carbonyl (C=O) groups is 1. The van der Waals surface area contributed by atoms with Crippen LogP contribution < -0.4 is 11.0 Å². The Labute approximate surface area is 136 Å². The first-order chi connectivity index (χ1) is 11.0. The molecule has 118 valence electrons. The van der Waals surface area contributed by atoms with E-state index in [0.717, 1.165) is 4.68 Å². The number of nitrogens with one attached hydrogen (secondary N) is 1. The van der Waals surface area contributed by atoms with Crippen LogP contribution in [0.3, 0.4) is 0 Å². The third kappa shape index (κ3) is 2.83. The van der Waals surface area contributed by atoms with E-state index in [4.69, 9.17) is 11.6 Å². The lowest BCUT2D eigenvalue weighted by molar-refractivity contribution is -0.119. The first-order valence-electron chi connectivity index (χ1n) is 6.99. The molecule has 1 amide bonds. The summed E-state index contributed by atoms with van der Waals surface area (Å²) in [7, 11) is 0. The van der Waals surface area contributed by atoms with E-state index in [1.54, 1.807) is 32.0 Å². The highest BCUT2D eigenvalue weighted by Crippen LogP contribution is 2.17. The van der Waals surface area contributed by atoms with Gasteiger partial charge in [-0.1, -0.05) is 31.5 Å². The second-order valence-electron chi connectivity index (χ2n) is 5.32. The summed E-state index contributed by atoms with van der Waals surface area (Å²) in [4.78, 5) is 28.4. The molecule has 2 heterocycles. The van der Waals surface area contributed by atoms with Crippen molar-refractivity contribution in [3.63, 3.8) is 0 Å². The van der Waals surface area contributed by atoms with Crippen molar-refractivity contribution in [2.75, 3.05) is 5.43 Å². The lowest BCUT2D eigenvalue weighted by Crippen LogP contribution is -2.35. The number of aromatic nitrogens is 4. The zero-order valence-electron chi connectivity index (χ0n) is 12.5. The minimum absolute atomic E-state index is 0.244. The van der Waals surface area contributed by atoms with Crippen LogP contribution in [0.25, 0.3) is 16.7 Å². The van der Waals surface area contributed by atoms with Crippen LogP contribution in [0.4, 0.5) is 0 Å². The average Bonchev–Trinajstić information content (AvgIpc) is 2.94. The molecule has 1 N–H and O–H groups in total. The lowest BCUT2D eigenvalue weighted by atomic mass is 10.2. The molecule has 0 saturated heterocycles. The number of halogens is 1. The molecule has 0 aliphatic rings. The summed E-state index contributed by atoms with van der Waals surface area (Å²) in [5.41, 5.74) is 3.21. The van der Waals surface area contributed by atoms with Gasteiger partial charge in [-0.15, -0.1) is 0 Å². The van der Waals surface area contributed by atoms with Crippen LogP contribution in [0, 0.1) is 5.92 Å². The van der Waals surface area contributed by atoms with Gasteiger partial charge in [-0.05, 0) is 18.2 Å². The number of carbonyl (C=O) groups excluding carboxylic acids is 1. The molecule has 0 radical (unpaired) electrons. The molecular weight excluding hydrogens is 318 g/mol. The van der Waals surface area contributed by atoms with Crippen LogP contribution in [0.1, 0.15) is 13.8 Å². The maximum atomic E-state index is 12.4. The molecule has 0 unspecified atom stereocenters. The van der Waals surface area contributed by atoms with Gasteiger partial charge in [-0.3, -0.25) is 15.0 Å². The average molecular weight is 332 g/mol. The number of hydrogen-bond donors (Lipinski definition) is 1. The molecule has 23 heavy (non-hydrogen) atoms. The Kier molecular flexibility index (Phi) is 3.87. The summed E-state index contributed by atoms with van der Waals surface area (Å²) in [6.07, 6.45) is 2.69. The minimum atomic E-state index is -0.391. The fourth-order valence-electron chi connectivity index (χ4n) is 2.04. The van der Waals surface area contributed by atoms with E-state index >= 15 is 0 Å². The number of fused-ring (bicyclic) bond motifs is 1. The Bertz CT molecular complexity index is 944. The predicted octanol–water partition coefficient (Wildman–Crippen LogP) is 1.96. The van der Waals surface area contributed by atoms with Crippen LogP contribution in [0.2, 0.25) is 5.02 Å². The van der Waals surface area contributed by atoms with Gasteiger partial charge in [0.2, 0.25) is 5.91 Å². The Morgan fingerprint density at radius 1 is 1.35 bits per heavy atom. The van der Waals surface area contributed by atoms with Crippen molar-refractivity contribution in [3.05, 3.63) is 52.2 Å². The molecule has 8 heteroatoms. The monoisotopic (exact) mass is 331 g/mol. The van der Waals surface area contributed by atoms with Gasteiger partial charge >= 0.3 is 0 Å². The molecular formula is C15H14ClN5O2. The zero-order valence-corrected chi connectivity index (χ0v) is 13.3. The molecule has 2 aromatic heterocycles. The van der Waals surface area contributed by atoms with Crippen molar-refractivity contribution >= 4 is 28.5 Å². The summed E-state index contributed by atoms with van der Waals surface area (Å²) < 4.78 is 2.59. The quantitative estimate of drug-likeness (QED) is 0.795. The summed E-state index contributed by atoms with van der Waals surface area (Å²) in [5.74, 6) is -0.512. The van der Waals surface area contributed by atoms with Crippen molar-refractivity contribution in [2.45, 2.75) is 13.8 Å². The molecule has 3 rings (SSSR count). The van der Waals surface area contributed by atoms with Crippen LogP contribution in [-0.4, -0.2) is 25.3 Å². The second kappa shape index (κ2) is 5.85. The number of amides is 1. The normalized spacial score (nSPS) is 11.1. The van der Waals surface area contributed by atoms with Gasteiger partial charge in [0.25, 0.3) is 5.56 Å². The van der Waals surface area contributed by atoms with Gasteiger partial charge in [0.05, 0.1) is 11.9 Å². The highest BCUT2D eigenvalue weighted by Gasteiger charge is 2.14. The van der Waals surface area contributed by atoms with E-state index in [-0.39, 0.29) is 11.8 Å². The van der Waals surface area contributed by atoms with Gasteiger partial charge in [0.15, 0.2) is 5.65 Å².